The van der Waals surface area contributed by atoms with E-state index in [0.717, 1.165) is 27.7 Å². The van der Waals surface area contributed by atoms with Crippen molar-refractivity contribution < 1.29 is 4.79 Å². The topological polar surface area (TPSA) is 65.8 Å². The molecule has 0 aliphatic carbocycles. The van der Waals surface area contributed by atoms with Gasteiger partial charge in [-0.15, -0.1) is 0 Å². The van der Waals surface area contributed by atoms with E-state index in [9.17, 15) is 10.1 Å². The second-order valence-electron chi connectivity index (χ2n) is 6.71. The summed E-state index contributed by atoms with van der Waals surface area (Å²) in [6, 6.07) is 29.0. The van der Waals surface area contributed by atoms with E-state index in [1.807, 2.05) is 78.9 Å². The molecular weight excluding hydrogens is 358 g/mol. The van der Waals surface area contributed by atoms with Crippen LogP contribution in [0.1, 0.15) is 21.5 Å². The van der Waals surface area contributed by atoms with Gasteiger partial charge in [-0.05, 0) is 30.2 Å². The van der Waals surface area contributed by atoms with Crippen LogP contribution < -0.4 is 5.32 Å². The first kappa shape index (κ1) is 18.4. The molecule has 29 heavy (non-hydrogen) atoms. The fourth-order valence-electron chi connectivity index (χ4n) is 3.37. The largest absolute Gasteiger partial charge is 0.352 e. The van der Waals surface area contributed by atoms with E-state index in [1.54, 1.807) is 6.07 Å². The van der Waals surface area contributed by atoms with Crippen molar-refractivity contribution in [3.05, 3.63) is 102 Å². The van der Waals surface area contributed by atoms with Gasteiger partial charge in [-0.25, -0.2) is 4.98 Å². The molecule has 0 aliphatic rings. The number of para-hydroxylation sites is 1. The van der Waals surface area contributed by atoms with Crippen LogP contribution in [0.4, 0.5) is 0 Å². The molecule has 1 N–H and O–H groups in total. The number of rotatable bonds is 5. The maximum atomic E-state index is 13.0. The first-order chi connectivity index (χ1) is 14.3. The zero-order valence-electron chi connectivity index (χ0n) is 15.8. The van der Waals surface area contributed by atoms with E-state index in [-0.39, 0.29) is 5.91 Å². The SMILES string of the molecule is N#Cc1ccccc1CCNC(=O)c1cc(-c2ccccc2)nc2ccccc12. The Labute approximate surface area is 169 Å². The quantitative estimate of drug-likeness (QED) is 0.546. The predicted octanol–water partition coefficient (Wildman–Crippen LogP) is 4.75. The van der Waals surface area contributed by atoms with Gasteiger partial charge in [-0.2, -0.15) is 5.26 Å². The molecule has 1 amide bonds. The van der Waals surface area contributed by atoms with Crippen LogP contribution in [0.25, 0.3) is 22.2 Å². The number of hydrogen-bond acceptors (Lipinski definition) is 3. The minimum Gasteiger partial charge on any atom is -0.352 e. The lowest BCUT2D eigenvalue weighted by Crippen LogP contribution is -2.26. The van der Waals surface area contributed by atoms with Gasteiger partial charge in [-0.1, -0.05) is 66.7 Å². The van der Waals surface area contributed by atoms with E-state index in [0.29, 0.717) is 24.1 Å². The number of carbonyl (C=O) groups is 1. The van der Waals surface area contributed by atoms with Crippen LogP contribution in [0.2, 0.25) is 0 Å². The molecule has 140 valence electrons. The highest BCUT2D eigenvalue weighted by Crippen LogP contribution is 2.24. The number of fused-ring (bicyclic) bond motifs is 1. The maximum absolute atomic E-state index is 13.0. The Morgan fingerprint density at radius 1 is 0.931 bits per heavy atom. The lowest BCUT2D eigenvalue weighted by Gasteiger charge is -2.11. The molecule has 0 radical (unpaired) electrons. The molecule has 4 nitrogen and oxygen atoms in total. The second kappa shape index (κ2) is 8.37. The molecule has 4 heteroatoms. The van der Waals surface area contributed by atoms with Crippen LogP contribution in [-0.4, -0.2) is 17.4 Å². The number of nitriles is 1. The maximum Gasteiger partial charge on any atom is 0.252 e. The number of nitrogens with one attached hydrogen (secondary N) is 1. The van der Waals surface area contributed by atoms with Crippen LogP contribution in [0.15, 0.2) is 84.9 Å². The van der Waals surface area contributed by atoms with Gasteiger partial charge >= 0.3 is 0 Å². The summed E-state index contributed by atoms with van der Waals surface area (Å²) in [4.78, 5) is 17.7. The Kier molecular flexibility index (Phi) is 5.31. The number of aromatic nitrogens is 1. The molecule has 0 aliphatic heterocycles. The number of carbonyl (C=O) groups excluding carboxylic acids is 1. The molecule has 1 aromatic heterocycles. The summed E-state index contributed by atoms with van der Waals surface area (Å²) in [7, 11) is 0. The Morgan fingerprint density at radius 2 is 1.66 bits per heavy atom. The predicted molar refractivity (Wildman–Crippen MR) is 114 cm³/mol. The Hall–Kier alpha value is -3.97. The Bertz CT molecular complexity index is 1210. The van der Waals surface area contributed by atoms with Gasteiger partial charge in [0, 0.05) is 17.5 Å². The highest BCUT2D eigenvalue weighted by atomic mass is 16.1. The second-order valence-corrected chi connectivity index (χ2v) is 6.71. The van der Waals surface area contributed by atoms with Crippen molar-refractivity contribution >= 4 is 16.8 Å². The highest BCUT2D eigenvalue weighted by Gasteiger charge is 2.14. The van der Waals surface area contributed by atoms with Crippen molar-refractivity contribution in [1.29, 1.82) is 5.26 Å². The summed E-state index contributed by atoms with van der Waals surface area (Å²) < 4.78 is 0. The Morgan fingerprint density at radius 3 is 2.48 bits per heavy atom. The van der Waals surface area contributed by atoms with Gasteiger partial charge in [0.2, 0.25) is 0 Å². The molecule has 0 unspecified atom stereocenters. The summed E-state index contributed by atoms with van der Waals surface area (Å²) in [6.07, 6.45) is 0.601. The molecular formula is C25H19N3O. The molecule has 0 atom stereocenters. The first-order valence-electron chi connectivity index (χ1n) is 9.47. The average molecular weight is 377 g/mol. The average Bonchev–Trinajstić information content (AvgIpc) is 2.79. The van der Waals surface area contributed by atoms with Crippen LogP contribution in [0, 0.1) is 11.3 Å². The van der Waals surface area contributed by atoms with E-state index >= 15 is 0 Å². The van der Waals surface area contributed by atoms with Crippen molar-refractivity contribution in [2.45, 2.75) is 6.42 Å². The van der Waals surface area contributed by atoms with Gasteiger partial charge in [0.1, 0.15) is 0 Å². The third-order valence-electron chi connectivity index (χ3n) is 4.85. The zero-order chi connectivity index (χ0) is 20.1. The van der Waals surface area contributed by atoms with Gasteiger partial charge in [0.25, 0.3) is 5.91 Å². The van der Waals surface area contributed by atoms with E-state index in [2.05, 4.69) is 11.4 Å². The molecule has 4 aromatic rings. The highest BCUT2D eigenvalue weighted by molar-refractivity contribution is 6.07. The summed E-state index contributed by atoms with van der Waals surface area (Å²) in [5.74, 6) is -0.143. The third kappa shape index (κ3) is 3.99. The van der Waals surface area contributed by atoms with Gasteiger partial charge in [-0.3, -0.25) is 4.79 Å². The van der Waals surface area contributed by atoms with Crippen molar-refractivity contribution in [2.24, 2.45) is 0 Å². The molecule has 1 heterocycles. The van der Waals surface area contributed by atoms with Crippen molar-refractivity contribution in [2.75, 3.05) is 6.54 Å². The molecule has 4 rings (SSSR count). The van der Waals surface area contributed by atoms with E-state index in [1.165, 1.54) is 0 Å². The van der Waals surface area contributed by atoms with Crippen LogP contribution >= 0.6 is 0 Å². The first-order valence-corrected chi connectivity index (χ1v) is 9.47. The van der Waals surface area contributed by atoms with Crippen LogP contribution in [0.3, 0.4) is 0 Å². The zero-order valence-corrected chi connectivity index (χ0v) is 15.8. The number of benzene rings is 3. The monoisotopic (exact) mass is 377 g/mol. The van der Waals surface area contributed by atoms with Gasteiger partial charge in [0.15, 0.2) is 0 Å². The molecule has 0 saturated heterocycles. The lowest BCUT2D eigenvalue weighted by molar-refractivity contribution is 0.0955. The molecule has 0 fully saturated rings. The standard InChI is InChI=1S/C25H19N3O/c26-17-20-11-5-4-8-18(20)14-15-27-25(29)22-16-24(19-9-2-1-3-10-19)28-23-13-7-6-12-21(22)23/h1-13,16H,14-15H2,(H,27,29). The van der Waals surface area contributed by atoms with E-state index < -0.39 is 0 Å². The summed E-state index contributed by atoms with van der Waals surface area (Å²) >= 11 is 0. The van der Waals surface area contributed by atoms with E-state index in [4.69, 9.17) is 4.98 Å². The summed E-state index contributed by atoms with van der Waals surface area (Å²) in [6.45, 7) is 0.453. The fraction of sp³-hybridized carbons (Fsp3) is 0.0800. The molecule has 0 spiro atoms. The van der Waals surface area contributed by atoms with Crippen LogP contribution in [0.5, 0.6) is 0 Å². The normalized spacial score (nSPS) is 10.4. The molecule has 0 bridgehead atoms. The van der Waals surface area contributed by atoms with Gasteiger partial charge < -0.3 is 5.32 Å². The van der Waals surface area contributed by atoms with Crippen molar-refractivity contribution in [1.82, 2.24) is 10.3 Å². The minimum atomic E-state index is -0.143. The van der Waals surface area contributed by atoms with Crippen molar-refractivity contribution in [3.8, 4) is 17.3 Å². The number of amides is 1. The smallest absolute Gasteiger partial charge is 0.252 e. The number of nitrogens with zero attached hydrogens (tertiary/aromatic N) is 2. The minimum absolute atomic E-state index is 0.143. The number of hydrogen-bond donors (Lipinski definition) is 1. The Balaban J connectivity index is 1.61. The van der Waals surface area contributed by atoms with Crippen LogP contribution in [-0.2, 0) is 6.42 Å². The molecule has 0 saturated carbocycles. The summed E-state index contributed by atoms with van der Waals surface area (Å²) in [5, 5.41) is 13.0. The molecule has 3 aromatic carbocycles. The van der Waals surface area contributed by atoms with Gasteiger partial charge in [0.05, 0.1) is 28.4 Å². The van der Waals surface area contributed by atoms with Crippen molar-refractivity contribution in [3.63, 3.8) is 0 Å². The fourth-order valence-corrected chi connectivity index (χ4v) is 3.37. The lowest BCUT2D eigenvalue weighted by atomic mass is 10.0. The summed E-state index contributed by atoms with van der Waals surface area (Å²) in [5.41, 5.74) is 4.69. The number of pyridine rings is 1. The third-order valence-corrected chi connectivity index (χ3v) is 4.85.